The number of nitrogens with zero attached hydrogens (tertiary/aromatic N) is 2. The van der Waals surface area contributed by atoms with Gasteiger partial charge in [0.2, 0.25) is 10.0 Å². The van der Waals surface area contributed by atoms with E-state index in [1.165, 1.54) is 22.5 Å². The van der Waals surface area contributed by atoms with Gasteiger partial charge in [0.05, 0.1) is 15.9 Å². The molecule has 0 unspecified atom stereocenters. The quantitative estimate of drug-likeness (QED) is 0.560. The van der Waals surface area contributed by atoms with Crippen molar-refractivity contribution in [2.24, 2.45) is 5.92 Å². The highest BCUT2D eigenvalue weighted by atomic mass is 32.2. The van der Waals surface area contributed by atoms with Gasteiger partial charge in [0.15, 0.2) is 0 Å². The highest BCUT2D eigenvalue weighted by Gasteiger charge is 2.34. The van der Waals surface area contributed by atoms with E-state index >= 15 is 0 Å². The van der Waals surface area contributed by atoms with Crippen LogP contribution in [0.3, 0.4) is 0 Å². The van der Waals surface area contributed by atoms with Gasteiger partial charge in [0, 0.05) is 19.2 Å². The maximum absolute atomic E-state index is 12.8. The number of benzene rings is 2. The smallest absolute Gasteiger partial charge is 0.293 e. The molecule has 1 aliphatic heterocycles. The Morgan fingerprint density at radius 3 is 2.36 bits per heavy atom. The molecule has 2 fully saturated rings. The van der Waals surface area contributed by atoms with E-state index in [9.17, 15) is 18.5 Å². The van der Waals surface area contributed by atoms with Crippen molar-refractivity contribution in [1.82, 2.24) is 4.31 Å². The molecule has 148 valence electrons. The molecule has 1 saturated carbocycles. The van der Waals surface area contributed by atoms with Crippen molar-refractivity contribution in [3.05, 3.63) is 64.2 Å². The van der Waals surface area contributed by atoms with Gasteiger partial charge in [-0.3, -0.25) is 10.1 Å². The second-order valence-electron chi connectivity index (χ2n) is 7.42. The largest absolute Gasteiger partial charge is 0.372 e. The van der Waals surface area contributed by atoms with Crippen molar-refractivity contribution >= 4 is 21.4 Å². The van der Waals surface area contributed by atoms with E-state index in [-0.39, 0.29) is 16.6 Å². The van der Waals surface area contributed by atoms with Crippen molar-refractivity contribution in [2.75, 3.05) is 18.4 Å². The normalized spacial score (nSPS) is 18.7. The number of nitro groups is 1. The third-order valence-electron chi connectivity index (χ3n) is 5.43. The number of hydrogen-bond donors (Lipinski definition) is 1. The van der Waals surface area contributed by atoms with Gasteiger partial charge in [-0.15, -0.1) is 0 Å². The number of rotatable bonds is 7. The molecule has 0 amide bonds. The average Bonchev–Trinajstić information content (AvgIpc) is 3.38. The fourth-order valence-corrected chi connectivity index (χ4v) is 5.29. The van der Waals surface area contributed by atoms with Gasteiger partial charge in [-0.1, -0.05) is 30.3 Å². The first-order chi connectivity index (χ1) is 13.5. The molecule has 28 heavy (non-hydrogen) atoms. The Balaban J connectivity index is 1.66. The van der Waals surface area contributed by atoms with Crippen LogP contribution in [0.15, 0.2) is 53.4 Å². The summed E-state index contributed by atoms with van der Waals surface area (Å²) < 4.78 is 26.9. The molecule has 0 aromatic heterocycles. The van der Waals surface area contributed by atoms with E-state index in [0.717, 1.165) is 31.2 Å². The van der Waals surface area contributed by atoms with Crippen molar-refractivity contribution in [3.63, 3.8) is 0 Å². The molecule has 1 aliphatic carbocycles. The molecule has 1 saturated heterocycles. The fourth-order valence-electron chi connectivity index (χ4n) is 3.75. The summed E-state index contributed by atoms with van der Waals surface area (Å²) in [5.74, 6) is 0.426. The van der Waals surface area contributed by atoms with E-state index in [2.05, 4.69) is 5.32 Å². The molecule has 7 nitrogen and oxygen atoms in total. The summed E-state index contributed by atoms with van der Waals surface area (Å²) in [5.41, 5.74) is 1.22. The van der Waals surface area contributed by atoms with Gasteiger partial charge >= 0.3 is 0 Å². The minimum atomic E-state index is -3.69. The molecule has 2 aromatic carbocycles. The zero-order valence-electron chi connectivity index (χ0n) is 15.5. The third kappa shape index (κ3) is 3.74. The summed E-state index contributed by atoms with van der Waals surface area (Å²) >= 11 is 0. The van der Waals surface area contributed by atoms with Crippen LogP contribution in [0.1, 0.15) is 37.3 Å². The van der Waals surface area contributed by atoms with Crippen LogP contribution >= 0.6 is 0 Å². The Labute approximate surface area is 164 Å². The van der Waals surface area contributed by atoms with Crippen molar-refractivity contribution in [1.29, 1.82) is 0 Å². The van der Waals surface area contributed by atoms with Gasteiger partial charge in [0.1, 0.15) is 5.69 Å². The fraction of sp³-hybridized carbons (Fsp3) is 0.400. The van der Waals surface area contributed by atoms with Crippen molar-refractivity contribution < 1.29 is 13.3 Å². The minimum Gasteiger partial charge on any atom is -0.372 e. The molecule has 0 bridgehead atoms. The first-order valence-electron chi connectivity index (χ1n) is 9.57. The summed E-state index contributed by atoms with van der Waals surface area (Å²) in [5, 5.41) is 15.0. The topological polar surface area (TPSA) is 92.5 Å². The summed E-state index contributed by atoms with van der Waals surface area (Å²) in [4.78, 5) is 11.2. The molecule has 2 aromatic rings. The molecule has 8 heteroatoms. The summed E-state index contributed by atoms with van der Waals surface area (Å²) in [6, 6.07) is 14.0. The van der Waals surface area contributed by atoms with Crippen LogP contribution in [-0.2, 0) is 10.0 Å². The van der Waals surface area contributed by atoms with Crippen molar-refractivity contribution in [2.45, 2.75) is 36.6 Å². The van der Waals surface area contributed by atoms with Crippen LogP contribution in [0.4, 0.5) is 11.4 Å². The van der Waals surface area contributed by atoms with Gasteiger partial charge in [0.25, 0.3) is 5.69 Å². The lowest BCUT2D eigenvalue weighted by molar-refractivity contribution is -0.384. The SMILES string of the molecule is O=[N+]([O-])c1cc(S(=O)(=O)N2CCCC2)ccc1N[C@@H](c1ccccc1)C1CC1. The number of nitrogens with one attached hydrogen (secondary N) is 1. The van der Waals surface area contributed by atoms with Crippen LogP contribution in [0, 0.1) is 16.0 Å². The predicted molar refractivity (Wildman–Crippen MR) is 107 cm³/mol. The van der Waals surface area contributed by atoms with Gasteiger partial charge in [-0.05, 0) is 49.3 Å². The summed E-state index contributed by atoms with van der Waals surface area (Å²) in [6.07, 6.45) is 3.78. The first-order valence-corrected chi connectivity index (χ1v) is 11.0. The molecule has 1 atom stereocenters. The zero-order valence-corrected chi connectivity index (χ0v) is 16.3. The molecular weight excluding hydrogens is 378 g/mol. The molecule has 1 heterocycles. The zero-order chi connectivity index (χ0) is 19.7. The van der Waals surface area contributed by atoms with Crippen LogP contribution in [0.5, 0.6) is 0 Å². The first kappa shape index (κ1) is 18.9. The van der Waals surface area contributed by atoms with Gasteiger partial charge in [-0.2, -0.15) is 4.31 Å². The molecule has 0 spiro atoms. The lowest BCUT2D eigenvalue weighted by Crippen LogP contribution is -2.28. The van der Waals surface area contributed by atoms with Crippen LogP contribution < -0.4 is 5.32 Å². The average molecular weight is 401 g/mol. The molecule has 4 rings (SSSR count). The predicted octanol–water partition coefficient (Wildman–Crippen LogP) is 3.94. The molecular formula is C20H23N3O4S. The summed E-state index contributed by atoms with van der Waals surface area (Å²) in [6.45, 7) is 0.932. The maximum Gasteiger partial charge on any atom is 0.293 e. The molecule has 1 N–H and O–H groups in total. The Bertz CT molecular complexity index is 968. The highest BCUT2D eigenvalue weighted by Crippen LogP contribution is 2.44. The van der Waals surface area contributed by atoms with Crippen LogP contribution in [-0.4, -0.2) is 30.7 Å². The second-order valence-corrected chi connectivity index (χ2v) is 9.36. The number of anilines is 1. The van der Waals surface area contributed by atoms with Crippen LogP contribution in [0.2, 0.25) is 0 Å². The second kappa shape index (κ2) is 7.52. The standard InChI is InChI=1S/C20H23N3O4S/c24-23(25)19-14-17(28(26,27)22-12-4-5-13-22)10-11-18(19)21-20(16-8-9-16)15-6-2-1-3-7-15/h1-3,6-7,10-11,14,16,20-21H,4-5,8-9,12-13H2/t20-/m0/s1. The van der Waals surface area contributed by atoms with Gasteiger partial charge in [-0.25, -0.2) is 8.42 Å². The van der Waals surface area contributed by atoms with E-state index in [1.807, 2.05) is 30.3 Å². The monoisotopic (exact) mass is 401 g/mol. The Morgan fingerprint density at radius 1 is 1.07 bits per heavy atom. The Morgan fingerprint density at radius 2 is 1.75 bits per heavy atom. The minimum absolute atomic E-state index is 0.0191. The Kier molecular flexibility index (Phi) is 5.07. The van der Waals surface area contributed by atoms with Crippen LogP contribution in [0.25, 0.3) is 0 Å². The lowest BCUT2D eigenvalue weighted by Gasteiger charge is -2.21. The highest BCUT2D eigenvalue weighted by molar-refractivity contribution is 7.89. The lowest BCUT2D eigenvalue weighted by atomic mass is 10.0. The molecule has 2 aliphatic rings. The Hall–Kier alpha value is -2.45. The van der Waals surface area contributed by atoms with E-state index < -0.39 is 14.9 Å². The van der Waals surface area contributed by atoms with E-state index in [4.69, 9.17) is 0 Å². The van der Waals surface area contributed by atoms with E-state index in [1.54, 1.807) is 0 Å². The van der Waals surface area contributed by atoms with Crippen molar-refractivity contribution in [3.8, 4) is 0 Å². The number of nitro benzene ring substituents is 1. The van der Waals surface area contributed by atoms with Gasteiger partial charge < -0.3 is 5.32 Å². The maximum atomic E-state index is 12.8. The van der Waals surface area contributed by atoms with E-state index in [0.29, 0.717) is 24.7 Å². The number of hydrogen-bond acceptors (Lipinski definition) is 5. The summed E-state index contributed by atoms with van der Waals surface area (Å²) in [7, 11) is -3.69. The third-order valence-corrected chi connectivity index (χ3v) is 7.33. The molecule has 0 radical (unpaired) electrons. The number of sulfonamides is 1.